The topological polar surface area (TPSA) is 47.8 Å². The molecule has 0 bridgehead atoms. The minimum absolute atomic E-state index is 0.397. The van der Waals surface area contributed by atoms with E-state index in [2.05, 4.69) is 10.1 Å². The lowest BCUT2D eigenvalue weighted by atomic mass is 10.2. The van der Waals surface area contributed by atoms with Crippen molar-refractivity contribution >= 4 is 28.6 Å². The van der Waals surface area contributed by atoms with Crippen molar-refractivity contribution in [3.63, 3.8) is 0 Å². The van der Waals surface area contributed by atoms with Crippen LogP contribution >= 0.6 is 23.4 Å². The molecule has 0 unspecified atom stereocenters. The molecule has 4 nitrogen and oxygen atoms in total. The summed E-state index contributed by atoms with van der Waals surface area (Å²) >= 11 is 7.18. The molecule has 0 spiro atoms. The van der Waals surface area contributed by atoms with E-state index in [-0.39, 0.29) is 0 Å². The van der Waals surface area contributed by atoms with Gasteiger partial charge in [0.2, 0.25) is 0 Å². The fourth-order valence-electron chi connectivity index (χ4n) is 1.98. The van der Waals surface area contributed by atoms with Crippen LogP contribution in [0.15, 0.2) is 66.0 Å². The van der Waals surface area contributed by atoms with Crippen molar-refractivity contribution in [3.05, 3.63) is 72.1 Å². The van der Waals surface area contributed by atoms with Crippen LogP contribution in [-0.4, -0.2) is 20.0 Å². The first-order valence-electron chi connectivity index (χ1n) is 6.61. The molecule has 0 amide bonds. The van der Waals surface area contributed by atoms with Gasteiger partial charge in [-0.05, 0) is 29.3 Å². The van der Waals surface area contributed by atoms with Crippen LogP contribution in [0.25, 0.3) is 5.82 Å². The maximum atomic E-state index is 11.6. The molecule has 2 aromatic heterocycles. The van der Waals surface area contributed by atoms with Crippen molar-refractivity contribution in [1.29, 1.82) is 0 Å². The maximum absolute atomic E-state index is 11.6. The average Bonchev–Trinajstić information content (AvgIpc) is 2.99. The highest BCUT2D eigenvalue weighted by molar-refractivity contribution is 7.98. The summed E-state index contributed by atoms with van der Waals surface area (Å²) in [7, 11) is 0. The smallest absolute Gasteiger partial charge is 0.256 e. The van der Waals surface area contributed by atoms with Crippen LogP contribution in [0.5, 0.6) is 0 Å². The number of aromatic nitrogens is 3. The molecule has 22 heavy (non-hydrogen) atoms. The van der Waals surface area contributed by atoms with Crippen molar-refractivity contribution in [2.45, 2.75) is 10.8 Å². The molecule has 0 radical (unpaired) electrons. The van der Waals surface area contributed by atoms with Gasteiger partial charge in [-0.15, -0.1) is 11.8 Å². The lowest BCUT2D eigenvalue weighted by molar-refractivity contribution is 0.107. The monoisotopic (exact) mass is 329 g/mol. The van der Waals surface area contributed by atoms with Gasteiger partial charge in [-0.3, -0.25) is 4.79 Å². The van der Waals surface area contributed by atoms with Crippen molar-refractivity contribution < 1.29 is 4.79 Å². The highest BCUT2D eigenvalue weighted by Crippen LogP contribution is 2.29. The van der Waals surface area contributed by atoms with Crippen LogP contribution in [-0.2, 0) is 5.75 Å². The summed E-state index contributed by atoms with van der Waals surface area (Å²) in [5.74, 6) is 1.37. The van der Waals surface area contributed by atoms with E-state index in [1.165, 1.54) is 18.0 Å². The molecular weight excluding hydrogens is 318 g/mol. The lowest BCUT2D eigenvalue weighted by Crippen LogP contribution is -2.02. The predicted octanol–water partition coefficient (Wildman–Crippen LogP) is 3.94. The largest absolute Gasteiger partial charge is 0.275 e. The average molecular weight is 330 g/mol. The number of hydrogen-bond donors (Lipinski definition) is 0. The van der Waals surface area contributed by atoms with Gasteiger partial charge in [-0.25, -0.2) is 9.67 Å². The van der Waals surface area contributed by atoms with Crippen LogP contribution in [0, 0.1) is 0 Å². The summed E-state index contributed by atoms with van der Waals surface area (Å²) in [6, 6.07) is 15.6. The number of thioether (sulfide) groups is 1. The van der Waals surface area contributed by atoms with Crippen molar-refractivity contribution in [2.24, 2.45) is 0 Å². The Kier molecular flexibility index (Phi) is 4.56. The van der Waals surface area contributed by atoms with Gasteiger partial charge in [-0.1, -0.05) is 36.4 Å². The number of rotatable bonds is 5. The van der Waals surface area contributed by atoms with Gasteiger partial charge in [0.05, 0.1) is 11.8 Å². The quantitative estimate of drug-likeness (QED) is 0.525. The molecule has 3 rings (SSSR count). The summed E-state index contributed by atoms with van der Waals surface area (Å²) in [5.41, 5.74) is 1.56. The predicted molar refractivity (Wildman–Crippen MR) is 87.5 cm³/mol. The number of halogens is 1. The zero-order valence-electron chi connectivity index (χ0n) is 11.5. The van der Waals surface area contributed by atoms with E-state index in [4.69, 9.17) is 11.6 Å². The summed E-state index contributed by atoms with van der Waals surface area (Å²) in [5, 5.41) is 4.43. The second kappa shape index (κ2) is 6.77. The first-order chi connectivity index (χ1) is 10.8. The van der Waals surface area contributed by atoms with E-state index in [9.17, 15) is 4.79 Å². The molecule has 110 valence electrons. The molecule has 0 atom stereocenters. The Morgan fingerprint density at radius 2 is 1.91 bits per heavy atom. The van der Waals surface area contributed by atoms with E-state index < -0.39 is 5.24 Å². The molecule has 1 aromatic carbocycles. The van der Waals surface area contributed by atoms with Gasteiger partial charge in [0, 0.05) is 11.9 Å². The van der Waals surface area contributed by atoms with Crippen molar-refractivity contribution in [1.82, 2.24) is 14.8 Å². The van der Waals surface area contributed by atoms with E-state index in [1.54, 1.807) is 10.9 Å². The van der Waals surface area contributed by atoms with Crippen LogP contribution < -0.4 is 0 Å². The van der Waals surface area contributed by atoms with Crippen LogP contribution in [0.2, 0.25) is 0 Å². The molecule has 0 aliphatic carbocycles. The molecular formula is C16H12ClN3OS. The second-order valence-corrected chi connectivity index (χ2v) is 5.82. The summed E-state index contributed by atoms with van der Waals surface area (Å²) in [6.07, 6.45) is 3.17. The molecule has 0 saturated carbocycles. The number of hydrogen-bond acceptors (Lipinski definition) is 4. The highest BCUT2D eigenvalue weighted by atomic mass is 35.5. The van der Waals surface area contributed by atoms with Gasteiger partial charge in [0.25, 0.3) is 5.24 Å². The minimum Gasteiger partial charge on any atom is -0.275 e. The van der Waals surface area contributed by atoms with E-state index in [0.29, 0.717) is 16.4 Å². The number of carbonyl (C=O) groups excluding carboxylic acids is 1. The minimum atomic E-state index is -0.516. The fraction of sp³-hybridized carbons (Fsp3) is 0.0625. The van der Waals surface area contributed by atoms with Crippen LogP contribution in [0.1, 0.15) is 15.9 Å². The molecule has 6 heteroatoms. The molecule has 0 N–H and O–H groups in total. The SMILES string of the molecule is O=C(Cl)c1cnn(-c2ccccn2)c1SCc1ccccc1. The van der Waals surface area contributed by atoms with E-state index in [0.717, 1.165) is 11.3 Å². The number of pyridine rings is 1. The first kappa shape index (κ1) is 14.8. The first-order valence-corrected chi connectivity index (χ1v) is 7.98. The fourth-order valence-corrected chi connectivity index (χ4v) is 3.23. The van der Waals surface area contributed by atoms with Gasteiger partial charge in [0.1, 0.15) is 5.03 Å². The summed E-state index contributed by atoms with van der Waals surface area (Å²) in [4.78, 5) is 15.9. The standard InChI is InChI=1S/C16H12ClN3OS/c17-15(21)13-10-19-20(14-8-4-5-9-18-14)16(13)22-11-12-6-2-1-3-7-12/h1-10H,11H2. The van der Waals surface area contributed by atoms with Gasteiger partial charge < -0.3 is 0 Å². The van der Waals surface area contributed by atoms with Gasteiger partial charge >= 0.3 is 0 Å². The van der Waals surface area contributed by atoms with E-state index in [1.807, 2.05) is 48.5 Å². The molecule has 0 saturated heterocycles. The number of nitrogens with zero attached hydrogens (tertiary/aromatic N) is 3. The van der Waals surface area contributed by atoms with Crippen molar-refractivity contribution in [3.8, 4) is 5.82 Å². The normalized spacial score (nSPS) is 10.6. The molecule has 3 aromatic rings. The Morgan fingerprint density at radius 3 is 2.59 bits per heavy atom. The Morgan fingerprint density at radius 1 is 1.14 bits per heavy atom. The van der Waals surface area contributed by atoms with E-state index >= 15 is 0 Å². The van der Waals surface area contributed by atoms with Gasteiger partial charge in [0.15, 0.2) is 5.82 Å². The maximum Gasteiger partial charge on any atom is 0.256 e. The summed E-state index contributed by atoms with van der Waals surface area (Å²) < 4.78 is 1.64. The second-order valence-electron chi connectivity index (χ2n) is 4.51. The third-order valence-electron chi connectivity index (χ3n) is 3.02. The highest BCUT2D eigenvalue weighted by Gasteiger charge is 2.18. The summed E-state index contributed by atoms with van der Waals surface area (Å²) in [6.45, 7) is 0. The Bertz CT molecular complexity index is 775. The third-order valence-corrected chi connectivity index (χ3v) is 4.37. The lowest BCUT2D eigenvalue weighted by Gasteiger charge is -2.07. The Hall–Kier alpha value is -2.11. The molecule has 2 heterocycles. The van der Waals surface area contributed by atoms with Crippen LogP contribution in [0.3, 0.4) is 0 Å². The molecule has 0 aliphatic rings. The Labute approximate surface area is 137 Å². The zero-order chi connectivity index (χ0) is 15.4. The third kappa shape index (κ3) is 3.21. The molecule has 0 aliphatic heterocycles. The number of carbonyl (C=O) groups is 1. The Balaban J connectivity index is 1.94. The van der Waals surface area contributed by atoms with Gasteiger partial charge in [-0.2, -0.15) is 5.10 Å². The van der Waals surface area contributed by atoms with Crippen LogP contribution in [0.4, 0.5) is 0 Å². The van der Waals surface area contributed by atoms with Crippen molar-refractivity contribution in [2.75, 3.05) is 0 Å². The number of benzene rings is 1. The zero-order valence-corrected chi connectivity index (χ0v) is 13.1. The molecule has 0 fully saturated rings.